The van der Waals surface area contributed by atoms with Gasteiger partial charge < -0.3 is 15.4 Å². The maximum Gasteiger partial charge on any atom is 0.234 e. The van der Waals surface area contributed by atoms with Gasteiger partial charge in [-0.3, -0.25) is 4.98 Å². The molecule has 5 heteroatoms. The second-order valence-corrected chi connectivity index (χ2v) is 5.07. The predicted molar refractivity (Wildman–Crippen MR) is 71.8 cm³/mol. The summed E-state index contributed by atoms with van der Waals surface area (Å²) in [5.41, 5.74) is 6.05. The molecule has 0 aliphatic carbocycles. The van der Waals surface area contributed by atoms with Gasteiger partial charge in [-0.2, -0.15) is 4.98 Å². The molecule has 1 saturated heterocycles. The van der Waals surface area contributed by atoms with Gasteiger partial charge in [-0.25, -0.2) is 0 Å². The van der Waals surface area contributed by atoms with Crippen molar-refractivity contribution in [2.24, 2.45) is 11.7 Å². The van der Waals surface area contributed by atoms with Gasteiger partial charge in [0.25, 0.3) is 0 Å². The molecule has 0 aromatic carbocycles. The van der Waals surface area contributed by atoms with Gasteiger partial charge in [0.1, 0.15) is 0 Å². The Morgan fingerprint density at radius 1 is 1.44 bits per heavy atom. The first-order valence-electron chi connectivity index (χ1n) is 6.64. The van der Waals surface area contributed by atoms with E-state index in [1.165, 1.54) is 0 Å². The average molecular weight is 250 g/mol. The highest BCUT2D eigenvalue weighted by Crippen LogP contribution is 2.21. The number of aromatic nitrogens is 2. The predicted octanol–water partition coefficient (Wildman–Crippen LogP) is 1.44. The van der Waals surface area contributed by atoms with E-state index >= 15 is 0 Å². The van der Waals surface area contributed by atoms with Gasteiger partial charge >= 0.3 is 0 Å². The van der Waals surface area contributed by atoms with E-state index in [1.807, 2.05) is 0 Å². The lowest BCUT2D eigenvalue weighted by molar-refractivity contribution is 0.303. The third kappa shape index (κ3) is 3.32. The molecular weight excluding hydrogens is 228 g/mol. The topological polar surface area (TPSA) is 64.3 Å². The van der Waals surface area contributed by atoms with Crippen LogP contribution in [0.5, 0.6) is 5.88 Å². The normalized spacial score (nSPS) is 24.1. The average Bonchev–Trinajstić information content (AvgIpc) is 2.35. The summed E-state index contributed by atoms with van der Waals surface area (Å²) >= 11 is 0. The Hall–Kier alpha value is -1.36. The standard InChI is InChI=1S/C13H22N4O/c1-3-4-18-13-7-15-6-12(16-13)17-8-10(2)5-11(14)9-17/h6-7,10-11H,3-5,8-9,14H2,1-2H3. The van der Waals surface area contributed by atoms with E-state index in [-0.39, 0.29) is 6.04 Å². The van der Waals surface area contributed by atoms with Gasteiger partial charge in [-0.15, -0.1) is 0 Å². The van der Waals surface area contributed by atoms with Crippen LogP contribution in [0.2, 0.25) is 0 Å². The highest BCUT2D eigenvalue weighted by atomic mass is 16.5. The maximum absolute atomic E-state index is 6.05. The first-order valence-corrected chi connectivity index (χ1v) is 6.64. The Morgan fingerprint density at radius 3 is 3.00 bits per heavy atom. The molecule has 1 aromatic heterocycles. The Morgan fingerprint density at radius 2 is 2.28 bits per heavy atom. The lowest BCUT2D eigenvalue weighted by atomic mass is 9.97. The molecule has 2 N–H and O–H groups in total. The van der Waals surface area contributed by atoms with Crippen LogP contribution >= 0.6 is 0 Å². The number of nitrogens with zero attached hydrogens (tertiary/aromatic N) is 3. The van der Waals surface area contributed by atoms with Gasteiger partial charge in [-0.05, 0) is 18.8 Å². The van der Waals surface area contributed by atoms with E-state index in [0.29, 0.717) is 18.4 Å². The zero-order chi connectivity index (χ0) is 13.0. The van der Waals surface area contributed by atoms with E-state index in [4.69, 9.17) is 10.5 Å². The van der Waals surface area contributed by atoms with E-state index in [9.17, 15) is 0 Å². The summed E-state index contributed by atoms with van der Waals surface area (Å²) in [4.78, 5) is 10.9. The molecule has 0 spiro atoms. The van der Waals surface area contributed by atoms with Crippen LogP contribution in [0.1, 0.15) is 26.7 Å². The fourth-order valence-electron chi connectivity index (χ4n) is 2.35. The number of nitrogens with two attached hydrogens (primary N) is 1. The number of anilines is 1. The molecule has 2 atom stereocenters. The van der Waals surface area contributed by atoms with E-state index < -0.39 is 0 Å². The fourth-order valence-corrected chi connectivity index (χ4v) is 2.35. The first-order chi connectivity index (χ1) is 8.69. The first kappa shape index (κ1) is 13.1. The molecule has 0 amide bonds. The lowest BCUT2D eigenvalue weighted by Gasteiger charge is -2.35. The summed E-state index contributed by atoms with van der Waals surface area (Å²) in [6.07, 6.45) is 5.49. The number of hydrogen-bond acceptors (Lipinski definition) is 5. The second kappa shape index (κ2) is 6.00. The van der Waals surface area contributed by atoms with Crippen molar-refractivity contribution in [3.8, 4) is 5.88 Å². The summed E-state index contributed by atoms with van der Waals surface area (Å²) in [6, 6.07) is 0.218. The van der Waals surface area contributed by atoms with Gasteiger partial charge in [0, 0.05) is 19.1 Å². The molecule has 1 aliphatic rings. The highest BCUT2D eigenvalue weighted by molar-refractivity contribution is 5.38. The van der Waals surface area contributed by atoms with Crippen molar-refractivity contribution < 1.29 is 4.74 Å². The van der Waals surface area contributed by atoms with Crippen molar-refractivity contribution in [2.75, 3.05) is 24.6 Å². The summed E-state index contributed by atoms with van der Waals surface area (Å²) in [7, 11) is 0. The van der Waals surface area contributed by atoms with E-state index in [0.717, 1.165) is 31.7 Å². The number of ether oxygens (including phenoxy) is 1. The molecule has 1 aliphatic heterocycles. The highest BCUT2D eigenvalue weighted by Gasteiger charge is 2.23. The quantitative estimate of drug-likeness (QED) is 0.876. The minimum atomic E-state index is 0.218. The summed E-state index contributed by atoms with van der Waals surface area (Å²) < 4.78 is 5.51. The lowest BCUT2D eigenvalue weighted by Crippen LogP contribution is -2.46. The molecule has 0 radical (unpaired) electrons. The van der Waals surface area contributed by atoms with Gasteiger partial charge in [0.15, 0.2) is 5.82 Å². The van der Waals surface area contributed by atoms with Crippen LogP contribution in [0, 0.1) is 5.92 Å². The van der Waals surface area contributed by atoms with Crippen LogP contribution in [-0.2, 0) is 0 Å². The molecule has 18 heavy (non-hydrogen) atoms. The summed E-state index contributed by atoms with van der Waals surface area (Å²) in [6.45, 7) is 6.80. The molecule has 2 heterocycles. The number of hydrogen-bond donors (Lipinski definition) is 1. The largest absolute Gasteiger partial charge is 0.477 e. The van der Waals surface area contributed by atoms with Crippen molar-refractivity contribution in [3.05, 3.63) is 12.4 Å². The molecule has 2 unspecified atom stereocenters. The molecule has 100 valence electrons. The smallest absolute Gasteiger partial charge is 0.234 e. The van der Waals surface area contributed by atoms with E-state index in [2.05, 4.69) is 28.7 Å². The molecule has 0 bridgehead atoms. The van der Waals surface area contributed by atoms with Crippen molar-refractivity contribution in [1.29, 1.82) is 0 Å². The molecular formula is C13H22N4O. The third-order valence-electron chi connectivity index (χ3n) is 3.07. The van der Waals surface area contributed by atoms with Crippen LogP contribution in [0.3, 0.4) is 0 Å². The molecule has 1 aromatic rings. The van der Waals surface area contributed by atoms with Gasteiger partial charge in [0.05, 0.1) is 19.0 Å². The van der Waals surface area contributed by atoms with Gasteiger partial charge in [-0.1, -0.05) is 13.8 Å². The Balaban J connectivity index is 2.07. The summed E-state index contributed by atoms with van der Waals surface area (Å²) in [5.74, 6) is 2.06. The minimum absolute atomic E-state index is 0.218. The van der Waals surface area contributed by atoms with Crippen LogP contribution in [0.15, 0.2) is 12.4 Å². The zero-order valence-electron chi connectivity index (χ0n) is 11.2. The van der Waals surface area contributed by atoms with E-state index in [1.54, 1.807) is 12.4 Å². The van der Waals surface area contributed by atoms with Crippen molar-refractivity contribution in [3.63, 3.8) is 0 Å². The number of rotatable bonds is 4. The molecule has 5 nitrogen and oxygen atoms in total. The summed E-state index contributed by atoms with van der Waals surface area (Å²) in [5, 5.41) is 0. The molecule has 0 saturated carbocycles. The fraction of sp³-hybridized carbons (Fsp3) is 0.692. The Bertz CT molecular complexity index is 375. The molecule has 2 rings (SSSR count). The SMILES string of the molecule is CCCOc1cncc(N2CC(C)CC(N)C2)n1. The van der Waals surface area contributed by atoms with Crippen LogP contribution in [0.4, 0.5) is 5.82 Å². The maximum atomic E-state index is 6.05. The van der Waals surface area contributed by atoms with Crippen LogP contribution in [0.25, 0.3) is 0 Å². The zero-order valence-corrected chi connectivity index (χ0v) is 11.2. The van der Waals surface area contributed by atoms with Crippen LogP contribution < -0.4 is 15.4 Å². The molecule has 1 fully saturated rings. The minimum Gasteiger partial charge on any atom is -0.477 e. The van der Waals surface area contributed by atoms with Crippen molar-refractivity contribution in [1.82, 2.24) is 9.97 Å². The Labute approximate surface area is 108 Å². The monoisotopic (exact) mass is 250 g/mol. The van der Waals surface area contributed by atoms with Gasteiger partial charge in [0.2, 0.25) is 5.88 Å². The van der Waals surface area contributed by atoms with Crippen molar-refractivity contribution in [2.45, 2.75) is 32.7 Å². The Kier molecular flexibility index (Phi) is 4.36. The second-order valence-electron chi connectivity index (χ2n) is 5.07. The van der Waals surface area contributed by atoms with Crippen molar-refractivity contribution >= 4 is 5.82 Å². The number of piperidine rings is 1. The van der Waals surface area contributed by atoms with Crippen LogP contribution in [-0.4, -0.2) is 35.7 Å². The third-order valence-corrected chi connectivity index (χ3v) is 3.07.